The number of quaternary nitrogens is 1. The Kier molecular flexibility index (Phi) is 2.84. The van der Waals surface area contributed by atoms with E-state index in [2.05, 4.69) is 41.5 Å². The number of hydrogen-bond donors (Lipinski definition) is 0. The van der Waals surface area contributed by atoms with Crippen LogP contribution in [-0.4, -0.2) is 31.3 Å². The highest BCUT2D eigenvalue weighted by Crippen LogP contribution is 2.21. The van der Waals surface area contributed by atoms with Crippen molar-refractivity contribution in [1.29, 1.82) is 0 Å². The van der Waals surface area contributed by atoms with E-state index in [1.54, 1.807) is 0 Å². The molecular weight excluding hydrogens is 236 g/mol. The topological polar surface area (TPSA) is 21.6 Å². The predicted octanol–water partition coefficient (Wildman–Crippen LogP) is 3.08. The Hall–Kier alpha value is -2.13. The normalized spacial score (nSPS) is 16.8. The Balaban J connectivity index is 1.88. The first-order valence-corrected chi connectivity index (χ1v) is 6.36. The monoisotopic (exact) mass is 253 g/mol. The molecular formula is C16H17N2O+. The van der Waals surface area contributed by atoms with E-state index in [-0.39, 0.29) is 0 Å². The molecule has 3 rings (SSSR count). The molecule has 1 aliphatic heterocycles. The number of rotatable bonds is 2. The summed E-state index contributed by atoms with van der Waals surface area (Å²) >= 11 is 0. The van der Waals surface area contributed by atoms with E-state index in [0.717, 1.165) is 11.5 Å². The number of hydrogen-bond acceptors (Lipinski definition) is 2. The molecule has 1 aliphatic rings. The number of nitrogens with zero attached hydrogens (tertiary/aromatic N) is 2. The molecule has 0 atom stereocenters. The van der Waals surface area contributed by atoms with Crippen molar-refractivity contribution in [2.24, 2.45) is 5.10 Å². The minimum atomic E-state index is 0.524. The van der Waals surface area contributed by atoms with Gasteiger partial charge in [-0.25, -0.2) is 0 Å². The largest absolute Gasteiger partial charge is 0.421 e. The summed E-state index contributed by atoms with van der Waals surface area (Å²) < 4.78 is 6.15. The van der Waals surface area contributed by atoms with E-state index < -0.39 is 0 Å². The molecule has 0 spiro atoms. The maximum atomic E-state index is 5.62. The molecule has 1 heterocycles. The molecule has 0 aromatic heterocycles. The molecule has 0 fully saturated rings. The molecule has 0 bridgehead atoms. The fraction of sp³-hybridized carbons (Fsp3) is 0.188. The van der Waals surface area contributed by atoms with E-state index in [4.69, 9.17) is 4.74 Å². The van der Waals surface area contributed by atoms with Crippen molar-refractivity contribution in [3.8, 4) is 11.1 Å². The van der Waals surface area contributed by atoms with Crippen LogP contribution in [0.1, 0.15) is 5.56 Å². The van der Waals surface area contributed by atoms with E-state index >= 15 is 0 Å². The summed E-state index contributed by atoms with van der Waals surface area (Å²) in [5.74, 6) is 0.726. The highest BCUT2D eigenvalue weighted by Gasteiger charge is 2.26. The highest BCUT2D eigenvalue weighted by molar-refractivity contribution is 5.94. The molecule has 2 aromatic carbocycles. The van der Waals surface area contributed by atoms with Gasteiger partial charge in [0.15, 0.2) is 0 Å². The minimum Gasteiger partial charge on any atom is -0.421 e. The van der Waals surface area contributed by atoms with Crippen LogP contribution in [0.4, 0.5) is 0 Å². The average Bonchev–Trinajstić information content (AvgIpc) is 2.80. The first-order valence-electron chi connectivity index (χ1n) is 6.36. The van der Waals surface area contributed by atoms with Gasteiger partial charge in [0.05, 0.1) is 14.1 Å². The van der Waals surface area contributed by atoms with Crippen molar-refractivity contribution in [2.75, 3.05) is 20.8 Å². The third-order valence-electron chi connectivity index (χ3n) is 3.12. The molecule has 0 unspecified atom stereocenters. The lowest BCUT2D eigenvalue weighted by molar-refractivity contribution is -0.903. The lowest BCUT2D eigenvalue weighted by atomic mass is 10.0. The molecule has 3 heteroatoms. The Morgan fingerprint density at radius 1 is 0.842 bits per heavy atom. The van der Waals surface area contributed by atoms with Gasteiger partial charge in [0, 0.05) is 5.56 Å². The van der Waals surface area contributed by atoms with E-state index in [0.29, 0.717) is 11.3 Å². The third-order valence-corrected chi connectivity index (χ3v) is 3.12. The van der Waals surface area contributed by atoms with Crippen molar-refractivity contribution in [3.63, 3.8) is 0 Å². The van der Waals surface area contributed by atoms with Crippen LogP contribution in [-0.2, 0) is 4.74 Å². The maximum Gasteiger partial charge on any atom is 0.278 e. The first-order chi connectivity index (χ1) is 9.14. The second-order valence-corrected chi connectivity index (χ2v) is 5.24. The molecule has 2 aromatic rings. The Morgan fingerprint density at radius 2 is 1.42 bits per heavy atom. The van der Waals surface area contributed by atoms with Crippen LogP contribution in [0.5, 0.6) is 0 Å². The summed E-state index contributed by atoms with van der Waals surface area (Å²) in [5, 5.41) is 4.53. The summed E-state index contributed by atoms with van der Waals surface area (Å²) in [6.07, 6.45) is 0. The second kappa shape index (κ2) is 4.52. The summed E-state index contributed by atoms with van der Waals surface area (Å²) in [4.78, 5) is 0. The zero-order valence-electron chi connectivity index (χ0n) is 11.2. The number of ether oxygens (including phenoxy) is 1. The van der Waals surface area contributed by atoms with Crippen molar-refractivity contribution in [1.82, 2.24) is 0 Å². The highest BCUT2D eigenvalue weighted by atomic mass is 16.5. The zero-order valence-corrected chi connectivity index (χ0v) is 11.2. The van der Waals surface area contributed by atoms with Gasteiger partial charge in [-0.3, -0.25) is 0 Å². The standard InChI is InChI=1S/C16H17N2O/c1-18(2)12-19-16(17-18)15-10-8-14(9-11-15)13-6-4-3-5-7-13/h3-11H,12H2,1-2H3/q+1. The minimum absolute atomic E-state index is 0.524. The second-order valence-electron chi connectivity index (χ2n) is 5.24. The Labute approximate surface area is 113 Å². The summed E-state index contributed by atoms with van der Waals surface area (Å²) in [7, 11) is 4.04. The van der Waals surface area contributed by atoms with Gasteiger partial charge in [-0.2, -0.15) is 4.59 Å². The lowest BCUT2D eigenvalue weighted by Gasteiger charge is -2.11. The van der Waals surface area contributed by atoms with Gasteiger partial charge in [0.25, 0.3) is 5.90 Å². The van der Waals surface area contributed by atoms with E-state index in [1.165, 1.54) is 11.1 Å². The van der Waals surface area contributed by atoms with Gasteiger partial charge in [-0.15, -0.1) is 0 Å². The van der Waals surface area contributed by atoms with Crippen LogP contribution < -0.4 is 0 Å². The molecule has 0 amide bonds. The van der Waals surface area contributed by atoms with Crippen molar-refractivity contribution in [2.45, 2.75) is 0 Å². The van der Waals surface area contributed by atoms with Crippen LogP contribution in [0.3, 0.4) is 0 Å². The van der Waals surface area contributed by atoms with Crippen LogP contribution >= 0.6 is 0 Å². The van der Waals surface area contributed by atoms with Gasteiger partial charge < -0.3 is 4.74 Å². The zero-order chi connectivity index (χ0) is 13.3. The summed E-state index contributed by atoms with van der Waals surface area (Å²) in [5.41, 5.74) is 3.46. The molecule has 3 nitrogen and oxygen atoms in total. The van der Waals surface area contributed by atoms with Gasteiger partial charge >= 0.3 is 0 Å². The van der Waals surface area contributed by atoms with Crippen LogP contribution in [0.15, 0.2) is 59.7 Å². The molecule has 0 N–H and O–H groups in total. The molecule has 0 saturated heterocycles. The summed E-state index contributed by atoms with van der Waals surface area (Å²) in [6.45, 7) is 0.593. The van der Waals surface area contributed by atoms with Gasteiger partial charge in [-0.1, -0.05) is 42.5 Å². The van der Waals surface area contributed by atoms with Crippen LogP contribution in [0, 0.1) is 0 Å². The number of benzene rings is 2. The van der Waals surface area contributed by atoms with Crippen LogP contribution in [0.25, 0.3) is 11.1 Å². The Bertz CT molecular complexity index is 600. The van der Waals surface area contributed by atoms with Gasteiger partial charge in [0.1, 0.15) is 0 Å². The van der Waals surface area contributed by atoms with E-state index in [1.807, 2.05) is 32.3 Å². The van der Waals surface area contributed by atoms with Crippen molar-refractivity contribution >= 4 is 5.90 Å². The van der Waals surface area contributed by atoms with Gasteiger partial charge in [-0.05, 0) is 28.4 Å². The molecule has 96 valence electrons. The van der Waals surface area contributed by atoms with Gasteiger partial charge in [0.2, 0.25) is 6.73 Å². The SMILES string of the molecule is C[N+]1(C)COC(c2ccc(-c3ccccc3)cc2)=N1. The lowest BCUT2D eigenvalue weighted by Crippen LogP contribution is -2.30. The Morgan fingerprint density at radius 3 is 2.00 bits per heavy atom. The molecule has 0 radical (unpaired) electrons. The summed E-state index contributed by atoms with van der Waals surface area (Å²) in [6, 6.07) is 18.7. The predicted molar refractivity (Wildman–Crippen MR) is 76.5 cm³/mol. The molecule has 19 heavy (non-hydrogen) atoms. The third kappa shape index (κ3) is 2.51. The molecule has 0 saturated carbocycles. The fourth-order valence-electron chi connectivity index (χ4n) is 2.10. The maximum absolute atomic E-state index is 5.62. The van der Waals surface area contributed by atoms with Crippen molar-refractivity contribution < 1.29 is 9.33 Å². The quantitative estimate of drug-likeness (QED) is 0.754. The average molecular weight is 253 g/mol. The smallest absolute Gasteiger partial charge is 0.278 e. The van der Waals surface area contributed by atoms with E-state index in [9.17, 15) is 0 Å². The van der Waals surface area contributed by atoms with Crippen LogP contribution in [0.2, 0.25) is 0 Å². The fourth-order valence-corrected chi connectivity index (χ4v) is 2.10. The molecule has 0 aliphatic carbocycles. The first kappa shape index (κ1) is 11.9. The van der Waals surface area contributed by atoms with Crippen molar-refractivity contribution in [3.05, 3.63) is 60.2 Å².